The molecule has 21 heavy (non-hydrogen) atoms. The third-order valence-electron chi connectivity index (χ3n) is 4.73. The monoisotopic (exact) mass is 299 g/mol. The van der Waals surface area contributed by atoms with Crippen molar-refractivity contribution < 1.29 is 14.7 Å². The zero-order chi connectivity index (χ0) is 16.4. The van der Waals surface area contributed by atoms with Gasteiger partial charge in [0.15, 0.2) is 0 Å². The number of carboxylic acids is 1. The van der Waals surface area contributed by atoms with Crippen LogP contribution < -0.4 is 5.32 Å². The molecule has 0 radical (unpaired) electrons. The Morgan fingerprint density at radius 1 is 1.29 bits per heavy atom. The van der Waals surface area contributed by atoms with E-state index in [1.165, 1.54) is 0 Å². The van der Waals surface area contributed by atoms with E-state index in [0.717, 1.165) is 25.9 Å². The molecule has 0 aromatic carbocycles. The minimum Gasteiger partial charge on any atom is -0.481 e. The Kier molecular flexibility index (Phi) is 5.25. The van der Waals surface area contributed by atoms with E-state index in [2.05, 4.69) is 10.2 Å². The molecule has 1 heterocycles. The highest BCUT2D eigenvalue weighted by Crippen LogP contribution is 2.31. The van der Waals surface area contributed by atoms with Crippen molar-refractivity contribution >= 4 is 12.0 Å². The molecule has 6 nitrogen and oxygen atoms in total. The van der Waals surface area contributed by atoms with Gasteiger partial charge in [-0.3, -0.25) is 4.79 Å². The SMILES string of the molecule is CN(C)CC1CCCN1C(=O)NC(C)(C)C(C)(C)C(=O)O. The Balaban J connectivity index is 2.78. The summed E-state index contributed by atoms with van der Waals surface area (Å²) in [4.78, 5) is 27.8. The van der Waals surface area contributed by atoms with Gasteiger partial charge in [0.25, 0.3) is 0 Å². The first kappa shape index (κ1) is 17.8. The lowest BCUT2D eigenvalue weighted by atomic mass is 9.74. The van der Waals surface area contributed by atoms with Crippen molar-refractivity contribution in [2.24, 2.45) is 5.41 Å². The van der Waals surface area contributed by atoms with Crippen LogP contribution in [0.2, 0.25) is 0 Å². The average molecular weight is 299 g/mol. The van der Waals surface area contributed by atoms with Crippen LogP contribution in [-0.4, -0.2) is 65.7 Å². The van der Waals surface area contributed by atoms with Crippen molar-refractivity contribution in [3.05, 3.63) is 0 Å². The minimum atomic E-state index is -1.04. The third kappa shape index (κ3) is 3.87. The number of nitrogens with zero attached hydrogens (tertiary/aromatic N) is 2. The second-order valence-corrected chi connectivity index (χ2v) is 7.24. The number of amides is 2. The number of hydrogen-bond donors (Lipinski definition) is 2. The quantitative estimate of drug-likeness (QED) is 0.809. The predicted octanol–water partition coefficient (Wildman–Crippen LogP) is 1.61. The number of aliphatic carboxylic acids is 1. The summed E-state index contributed by atoms with van der Waals surface area (Å²) < 4.78 is 0. The van der Waals surface area contributed by atoms with Crippen LogP contribution in [0.1, 0.15) is 40.5 Å². The van der Waals surface area contributed by atoms with Crippen LogP contribution in [0, 0.1) is 5.41 Å². The summed E-state index contributed by atoms with van der Waals surface area (Å²) in [6, 6.07) is 0.0300. The largest absolute Gasteiger partial charge is 0.481 e. The Labute approximate surface area is 127 Å². The van der Waals surface area contributed by atoms with Gasteiger partial charge >= 0.3 is 12.0 Å². The van der Waals surface area contributed by atoms with E-state index in [4.69, 9.17) is 0 Å². The maximum absolute atomic E-state index is 12.5. The van der Waals surface area contributed by atoms with Gasteiger partial charge in [0, 0.05) is 19.1 Å². The van der Waals surface area contributed by atoms with Gasteiger partial charge in [0.2, 0.25) is 0 Å². The van der Waals surface area contributed by atoms with Crippen molar-refractivity contribution in [3.63, 3.8) is 0 Å². The van der Waals surface area contributed by atoms with Gasteiger partial charge in [-0.1, -0.05) is 0 Å². The fourth-order valence-corrected chi connectivity index (χ4v) is 2.48. The summed E-state index contributed by atoms with van der Waals surface area (Å²) in [5.74, 6) is -0.918. The Bertz CT molecular complexity index is 405. The summed E-state index contributed by atoms with van der Waals surface area (Å²) in [7, 11) is 3.98. The first-order valence-corrected chi connectivity index (χ1v) is 7.46. The average Bonchev–Trinajstić information content (AvgIpc) is 2.75. The maximum atomic E-state index is 12.5. The number of nitrogens with one attached hydrogen (secondary N) is 1. The van der Waals surface area contributed by atoms with Crippen molar-refractivity contribution in [3.8, 4) is 0 Å². The number of carboxylic acid groups (broad SMARTS) is 1. The molecule has 1 atom stereocenters. The first-order valence-electron chi connectivity index (χ1n) is 7.46. The lowest BCUT2D eigenvalue weighted by molar-refractivity contribution is -0.150. The fourth-order valence-electron chi connectivity index (χ4n) is 2.48. The Morgan fingerprint density at radius 2 is 1.86 bits per heavy atom. The number of carbonyl (C=O) groups is 2. The molecule has 0 aromatic rings. The van der Waals surface area contributed by atoms with Crippen molar-refractivity contribution in [1.29, 1.82) is 0 Å². The predicted molar refractivity (Wildman–Crippen MR) is 82.3 cm³/mol. The molecule has 0 aromatic heterocycles. The normalized spacial score (nSPS) is 20.0. The molecule has 122 valence electrons. The van der Waals surface area contributed by atoms with Gasteiger partial charge < -0.3 is 20.2 Å². The molecule has 2 amide bonds. The van der Waals surface area contributed by atoms with Crippen LogP contribution in [0.3, 0.4) is 0 Å². The van der Waals surface area contributed by atoms with Crippen molar-refractivity contribution in [2.45, 2.75) is 52.1 Å². The van der Waals surface area contributed by atoms with E-state index in [0.29, 0.717) is 0 Å². The van der Waals surface area contributed by atoms with Gasteiger partial charge in [-0.25, -0.2) is 4.79 Å². The van der Waals surface area contributed by atoms with Crippen LogP contribution in [0.15, 0.2) is 0 Å². The van der Waals surface area contributed by atoms with E-state index >= 15 is 0 Å². The molecule has 0 saturated carbocycles. The summed E-state index contributed by atoms with van der Waals surface area (Å²) >= 11 is 0. The van der Waals surface area contributed by atoms with Gasteiger partial charge in [-0.2, -0.15) is 0 Å². The zero-order valence-corrected chi connectivity index (χ0v) is 14.1. The molecule has 6 heteroatoms. The fraction of sp³-hybridized carbons (Fsp3) is 0.867. The Hall–Kier alpha value is -1.30. The zero-order valence-electron chi connectivity index (χ0n) is 14.1. The lowest BCUT2D eigenvalue weighted by Gasteiger charge is -2.40. The highest BCUT2D eigenvalue weighted by Gasteiger charge is 2.45. The number of likely N-dealkylation sites (tertiary alicyclic amines) is 1. The maximum Gasteiger partial charge on any atom is 0.318 e. The topological polar surface area (TPSA) is 72.9 Å². The molecule has 1 rings (SSSR count). The van der Waals surface area contributed by atoms with E-state index in [1.807, 2.05) is 19.0 Å². The molecule has 2 N–H and O–H groups in total. The first-order chi connectivity index (χ1) is 9.49. The van der Waals surface area contributed by atoms with E-state index < -0.39 is 16.9 Å². The molecule has 1 unspecified atom stereocenters. The molecule has 1 aliphatic rings. The Morgan fingerprint density at radius 3 is 2.33 bits per heavy atom. The van der Waals surface area contributed by atoms with Crippen molar-refractivity contribution in [1.82, 2.24) is 15.1 Å². The van der Waals surface area contributed by atoms with Crippen LogP contribution in [0.4, 0.5) is 4.79 Å². The minimum absolute atomic E-state index is 0.168. The molecule has 1 fully saturated rings. The molecular weight excluding hydrogens is 270 g/mol. The number of carbonyl (C=O) groups excluding carboxylic acids is 1. The lowest BCUT2D eigenvalue weighted by Crippen LogP contribution is -2.60. The van der Waals surface area contributed by atoms with Crippen molar-refractivity contribution in [2.75, 3.05) is 27.2 Å². The summed E-state index contributed by atoms with van der Waals surface area (Å²) in [5, 5.41) is 12.3. The number of urea groups is 1. The number of rotatable bonds is 5. The smallest absolute Gasteiger partial charge is 0.318 e. The van der Waals surface area contributed by atoms with Crippen LogP contribution in [0.5, 0.6) is 0 Å². The van der Waals surface area contributed by atoms with Crippen LogP contribution >= 0.6 is 0 Å². The highest BCUT2D eigenvalue weighted by atomic mass is 16.4. The molecule has 1 saturated heterocycles. The molecule has 1 aliphatic heterocycles. The summed E-state index contributed by atoms with van der Waals surface area (Å²) in [5.41, 5.74) is -1.87. The number of likely N-dealkylation sites (N-methyl/N-ethyl adjacent to an activating group) is 1. The summed E-state index contributed by atoms with van der Waals surface area (Å²) in [6.45, 7) is 8.35. The highest BCUT2D eigenvalue weighted by molar-refractivity contribution is 5.80. The van der Waals surface area contributed by atoms with Gasteiger partial charge in [0.05, 0.1) is 11.0 Å². The van der Waals surface area contributed by atoms with Crippen LogP contribution in [0.25, 0.3) is 0 Å². The van der Waals surface area contributed by atoms with Gasteiger partial charge in [0.1, 0.15) is 0 Å². The summed E-state index contributed by atoms with van der Waals surface area (Å²) in [6.07, 6.45) is 1.99. The van der Waals surface area contributed by atoms with E-state index in [-0.39, 0.29) is 12.1 Å². The third-order valence-corrected chi connectivity index (χ3v) is 4.73. The molecule has 0 aliphatic carbocycles. The van der Waals surface area contributed by atoms with Crippen LogP contribution in [-0.2, 0) is 4.79 Å². The molecule has 0 spiro atoms. The van der Waals surface area contributed by atoms with Gasteiger partial charge in [-0.15, -0.1) is 0 Å². The standard InChI is InChI=1S/C15H29N3O3/c1-14(2,12(19)20)15(3,4)16-13(21)18-9-7-8-11(18)10-17(5)6/h11H,7-10H2,1-6H3,(H,16,21)(H,19,20). The number of hydrogen-bond acceptors (Lipinski definition) is 3. The van der Waals surface area contributed by atoms with E-state index in [1.54, 1.807) is 27.7 Å². The second kappa shape index (κ2) is 6.22. The molecule has 0 bridgehead atoms. The van der Waals surface area contributed by atoms with Gasteiger partial charge in [-0.05, 0) is 54.6 Å². The molecular formula is C15H29N3O3. The van der Waals surface area contributed by atoms with E-state index in [9.17, 15) is 14.7 Å². The second-order valence-electron chi connectivity index (χ2n) is 7.24.